The minimum Gasteiger partial charge on any atom is -0.778 e. The van der Waals surface area contributed by atoms with Crippen LogP contribution in [-0.2, 0) is 36.0 Å². The molecule has 2 spiro atoms. The van der Waals surface area contributed by atoms with Crippen LogP contribution in [0.3, 0.4) is 0 Å². The van der Waals surface area contributed by atoms with Crippen molar-refractivity contribution in [2.24, 2.45) is 59.0 Å². The number of anilines is 4. The molecule has 0 bridgehead atoms. The Labute approximate surface area is 510 Å². The van der Waals surface area contributed by atoms with E-state index < -0.39 is 34.7 Å². The van der Waals surface area contributed by atoms with E-state index in [9.17, 15) is 30.6 Å². The zero-order valence-corrected chi connectivity index (χ0v) is 51.3. The summed E-state index contributed by atoms with van der Waals surface area (Å²) in [6.45, 7) is 9.76. The summed E-state index contributed by atoms with van der Waals surface area (Å²) in [5.41, 5.74) is 22.9. The summed E-state index contributed by atoms with van der Waals surface area (Å²) in [5, 5.41) is 19.4. The zero-order valence-electron chi connectivity index (χ0n) is 45.2. The molecule has 2 aliphatic heterocycles. The molecule has 3 atom stereocenters. The van der Waals surface area contributed by atoms with E-state index in [1.165, 1.54) is 43.9 Å². The first-order valence-corrected chi connectivity index (χ1v) is 28.1. The van der Waals surface area contributed by atoms with Crippen LogP contribution in [0.15, 0.2) is 117 Å². The van der Waals surface area contributed by atoms with Crippen molar-refractivity contribution in [3.63, 3.8) is 0 Å². The SMILES string of the molecule is CC(C)(C)[S@@](=O)N[C@@H]1CCCC12CCN(c1ncc(Br)c3nccn13)CC2.N.N=N/N=N/N=N/N=N/N.Nc1ccc(Sc2cnc(N3CCC4(CCC[C@H]4N)CC3)n3ccnc23)c(C(F)(F)F)n1.Nc1ccc([S-])c(C(F)(F)F)n1.[Na+]. The number of rotatable bonds is 9. The standard InChI is InChI=1S/C21H24F3N7S.C19H28BrN5OS.C6H5F3N2S.H3N9.H3N.Na/c22-21(23,24)17-13(3-4-16(26)29-17)32-14-12-28-19(31-11-8-27-18(14)31)30-9-6-20(7-10-30)5-1-2-15(20)25;1-18(2,3)27(26)23-15-5-4-6-19(15)7-10-24(11-8-19)17-22-13-14(20)16-21-9-12-25(16)17;7-6(8,9)5-3(12)1-2-4(10)11-5;1-3-5-7-9-8-6-4-2;;/h3-4,8,11-12,15H,1-2,5-7,9-10,25H2,(H2,26,29);9,12-13,15,23H,4-8,10-11H2,1-3H3;1-2,12H,(H2,10,11);(H3,1,2,5,6,9);1H3;/q;;;;;+1/p-1/t15-;15-,27-;;;;/m11..../s1. The molecule has 6 aromatic rings. The van der Waals surface area contributed by atoms with E-state index in [1.54, 1.807) is 18.6 Å². The van der Waals surface area contributed by atoms with Gasteiger partial charge in [0.2, 0.25) is 11.9 Å². The Morgan fingerprint density at radius 2 is 1.24 bits per heavy atom. The second-order valence-corrected chi connectivity index (χ2v) is 24.5. The molecular formula is C46H62BrF6N24NaOS3. The van der Waals surface area contributed by atoms with Crippen LogP contribution < -0.4 is 73.3 Å². The molecule has 6 aromatic heterocycles. The summed E-state index contributed by atoms with van der Waals surface area (Å²) in [6, 6.07) is 5.65. The molecule has 13 N–H and O–H groups in total. The largest absolute Gasteiger partial charge is 1.00 e. The Morgan fingerprint density at radius 1 is 0.732 bits per heavy atom. The molecule has 0 amide bonds. The maximum absolute atomic E-state index is 13.5. The maximum Gasteiger partial charge on any atom is 1.00 e. The van der Waals surface area contributed by atoms with Crippen molar-refractivity contribution in [3.05, 3.63) is 77.3 Å². The maximum atomic E-state index is 13.5. The molecule has 0 unspecified atom stereocenters. The molecule has 4 fully saturated rings. The van der Waals surface area contributed by atoms with Crippen LogP contribution in [-0.4, -0.2) is 85.9 Å². The number of piperidine rings is 2. The van der Waals surface area contributed by atoms with Gasteiger partial charge < -0.3 is 51.6 Å². The Kier molecular flexibility index (Phi) is 23.8. The van der Waals surface area contributed by atoms with Gasteiger partial charge in [0.05, 0.1) is 25.1 Å². The quantitative estimate of drug-likeness (QED) is 0.0185. The Morgan fingerprint density at radius 3 is 1.79 bits per heavy atom. The fourth-order valence-corrected chi connectivity index (χ4v) is 12.8. The Bertz CT molecular complexity index is 3200. The van der Waals surface area contributed by atoms with Crippen LogP contribution in [0, 0.1) is 16.4 Å². The fraction of sp³-hybridized carbons (Fsp3) is 0.522. The molecule has 10 rings (SSSR count). The van der Waals surface area contributed by atoms with Gasteiger partial charge in [-0.1, -0.05) is 35.9 Å². The normalized spacial score (nSPS) is 19.1. The van der Waals surface area contributed by atoms with E-state index in [2.05, 4.69) is 120 Å². The summed E-state index contributed by atoms with van der Waals surface area (Å²) < 4.78 is 97.2. The van der Waals surface area contributed by atoms with Gasteiger partial charge in [-0.05, 0) is 148 Å². The van der Waals surface area contributed by atoms with Gasteiger partial charge in [-0.25, -0.2) is 38.8 Å². The third kappa shape index (κ3) is 16.5. The Balaban J connectivity index is 0.000000222. The van der Waals surface area contributed by atoms with Crippen molar-refractivity contribution in [3.8, 4) is 0 Å². The monoisotopic (exact) mass is 1280 g/mol. The van der Waals surface area contributed by atoms with E-state index in [0.717, 1.165) is 105 Å². The molecule has 36 heteroatoms. The average molecular weight is 1280 g/mol. The number of hydrogen-bond acceptors (Lipinski definition) is 17. The van der Waals surface area contributed by atoms with Crippen LogP contribution in [0.5, 0.6) is 0 Å². The van der Waals surface area contributed by atoms with Crippen molar-refractivity contribution >= 4 is 86.1 Å². The number of nitrogen functional groups attached to an aromatic ring is 2. The number of imidazole rings is 2. The average Bonchev–Trinajstić information content (AvgIpc) is 4.31. The third-order valence-electron chi connectivity index (χ3n) is 14.3. The van der Waals surface area contributed by atoms with Gasteiger partial charge in [-0.2, -0.15) is 31.9 Å². The van der Waals surface area contributed by atoms with Gasteiger partial charge in [0.1, 0.15) is 17.3 Å². The summed E-state index contributed by atoms with van der Waals surface area (Å²) in [4.78, 5) is 29.4. The van der Waals surface area contributed by atoms with Gasteiger partial charge in [0.25, 0.3) is 0 Å². The zero-order chi connectivity index (χ0) is 58.0. The number of nitrogens with one attached hydrogen (secondary N) is 2. The molecule has 2 saturated carbocycles. The summed E-state index contributed by atoms with van der Waals surface area (Å²) in [5.74, 6) is 5.86. The smallest absolute Gasteiger partial charge is 0.778 e. The number of nitrogens with zero attached hydrogens (tertiary/aromatic N) is 17. The van der Waals surface area contributed by atoms with E-state index >= 15 is 0 Å². The fourth-order valence-electron chi connectivity index (χ4n) is 10.2. The summed E-state index contributed by atoms with van der Waals surface area (Å²) >= 11 is 8.89. The molecule has 4 aliphatic rings. The Hall–Kier alpha value is -5.40. The van der Waals surface area contributed by atoms with Gasteiger partial charge >= 0.3 is 41.9 Å². The predicted octanol–water partition coefficient (Wildman–Crippen LogP) is 7.40. The number of halogens is 7. The topological polar surface area (TPSA) is 371 Å². The van der Waals surface area contributed by atoms with Crippen LogP contribution in [0.4, 0.5) is 49.9 Å². The van der Waals surface area contributed by atoms with Crippen LogP contribution >= 0.6 is 27.7 Å². The van der Waals surface area contributed by atoms with Crippen LogP contribution in [0.2, 0.25) is 0 Å². The van der Waals surface area contributed by atoms with Gasteiger partial charge in [0.15, 0.2) is 17.0 Å². The number of nitrogens with two attached hydrogens (primary N) is 4. The molecule has 25 nitrogen and oxygen atoms in total. The third-order valence-corrected chi connectivity index (χ3v) is 17.8. The number of pyridine rings is 2. The number of alkyl halides is 6. The predicted molar refractivity (Wildman–Crippen MR) is 298 cm³/mol. The van der Waals surface area contributed by atoms with Gasteiger partial charge in [-0.3, -0.25) is 8.80 Å². The van der Waals surface area contributed by atoms with Crippen molar-refractivity contribution in [2.75, 3.05) is 47.4 Å². The first-order valence-electron chi connectivity index (χ1n) is 24.9. The van der Waals surface area contributed by atoms with Gasteiger partial charge in [0, 0.05) is 80.3 Å². The van der Waals surface area contributed by atoms with Crippen molar-refractivity contribution in [1.82, 2.24) is 49.6 Å². The van der Waals surface area contributed by atoms with Gasteiger partial charge in [-0.15, -0.1) is 4.90 Å². The van der Waals surface area contributed by atoms with Crippen LogP contribution in [0.25, 0.3) is 11.3 Å². The first kappa shape index (κ1) is 67.4. The molecule has 82 heavy (non-hydrogen) atoms. The van der Waals surface area contributed by atoms with E-state index in [4.69, 9.17) is 22.7 Å². The number of fused-ring (bicyclic) bond motifs is 2. The molecule has 2 aliphatic carbocycles. The molecule has 440 valence electrons. The second kappa shape index (κ2) is 28.9. The van der Waals surface area contributed by atoms with Crippen molar-refractivity contribution in [2.45, 2.75) is 129 Å². The molecule has 0 aromatic carbocycles. The van der Waals surface area contributed by atoms with Crippen molar-refractivity contribution in [1.29, 1.82) is 5.53 Å². The van der Waals surface area contributed by atoms with E-state index in [0.29, 0.717) is 16.6 Å². The summed E-state index contributed by atoms with van der Waals surface area (Å²) in [6.07, 6.45) is 12.8. The van der Waals surface area contributed by atoms with E-state index in [1.807, 2.05) is 43.8 Å². The second-order valence-electron chi connectivity index (χ2n) is 20.1. The minimum absolute atomic E-state index is 0. The number of hydrogen-bond donors (Lipinski definition) is 7. The first-order chi connectivity index (χ1) is 37.9. The van der Waals surface area contributed by atoms with Crippen LogP contribution in [0.1, 0.15) is 96.4 Å². The van der Waals surface area contributed by atoms with E-state index in [-0.39, 0.29) is 78.8 Å². The molecule has 8 heterocycles. The van der Waals surface area contributed by atoms with Crippen molar-refractivity contribution < 1.29 is 60.1 Å². The molecule has 0 radical (unpaired) electrons. The molecule has 2 saturated heterocycles. The number of aromatic nitrogens is 8. The molecular weight excluding hydrogens is 1220 g/mol. The minimum atomic E-state index is -4.61. The summed E-state index contributed by atoms with van der Waals surface area (Å²) in [7, 11) is -1.01.